The molecule has 142 valence electrons. The van der Waals surface area contributed by atoms with Gasteiger partial charge in [0.2, 0.25) is 11.7 Å². The van der Waals surface area contributed by atoms with Crippen molar-refractivity contribution in [3.05, 3.63) is 55.1 Å². The van der Waals surface area contributed by atoms with E-state index in [2.05, 4.69) is 25.0 Å². The van der Waals surface area contributed by atoms with Gasteiger partial charge in [0.1, 0.15) is 0 Å². The molecule has 0 atom stereocenters. The Labute approximate surface area is 164 Å². The minimum atomic E-state index is -3.84. The lowest BCUT2D eigenvalue weighted by Gasteiger charge is -2.07. The number of anilines is 2. The second-order valence-electron chi connectivity index (χ2n) is 5.81. The number of nitrogens with zero attached hydrogens (tertiary/aromatic N) is 4. The Balaban J connectivity index is 1.60. The molecule has 0 fully saturated rings. The maximum atomic E-state index is 12.6. The normalized spacial score (nSPS) is 11.5. The third-order valence-electron chi connectivity index (χ3n) is 3.68. The molecule has 0 aliphatic rings. The summed E-state index contributed by atoms with van der Waals surface area (Å²) in [6, 6.07) is 8.70. The van der Waals surface area contributed by atoms with Crippen molar-refractivity contribution in [1.29, 1.82) is 0 Å². The van der Waals surface area contributed by atoms with E-state index in [0.717, 1.165) is 16.9 Å². The van der Waals surface area contributed by atoms with E-state index in [1.165, 1.54) is 13.1 Å². The fourth-order valence-corrected chi connectivity index (χ4v) is 4.63. The van der Waals surface area contributed by atoms with Crippen LogP contribution in [-0.4, -0.2) is 33.7 Å². The van der Waals surface area contributed by atoms with E-state index in [1.807, 2.05) is 18.5 Å². The Bertz CT molecular complexity index is 1250. The summed E-state index contributed by atoms with van der Waals surface area (Å²) in [6.07, 6.45) is 6.51. The first-order valence-electron chi connectivity index (χ1n) is 8.07. The van der Waals surface area contributed by atoms with Gasteiger partial charge in [-0.05, 0) is 18.2 Å². The molecule has 0 saturated heterocycles. The Morgan fingerprint density at radius 3 is 2.86 bits per heavy atom. The highest BCUT2D eigenvalue weighted by Crippen LogP contribution is 2.27. The molecule has 1 amide bonds. The molecule has 28 heavy (non-hydrogen) atoms. The minimum Gasteiger partial charge on any atom is -0.302 e. The zero-order valence-corrected chi connectivity index (χ0v) is 16.2. The summed E-state index contributed by atoms with van der Waals surface area (Å²) in [4.78, 5) is 23.6. The van der Waals surface area contributed by atoms with Gasteiger partial charge in [0.05, 0.1) is 11.9 Å². The smallest absolute Gasteiger partial charge is 0.273 e. The number of aromatic nitrogens is 4. The molecule has 11 heteroatoms. The predicted molar refractivity (Wildman–Crippen MR) is 106 cm³/mol. The fourth-order valence-electron chi connectivity index (χ4n) is 2.51. The Kier molecular flexibility index (Phi) is 4.53. The van der Waals surface area contributed by atoms with E-state index >= 15 is 0 Å². The number of carbonyl (C=O) groups is 1. The van der Waals surface area contributed by atoms with Gasteiger partial charge in [-0.15, -0.1) is 0 Å². The highest BCUT2D eigenvalue weighted by Gasteiger charge is 2.19. The molecule has 0 spiro atoms. The van der Waals surface area contributed by atoms with Crippen LogP contribution < -0.4 is 10.0 Å². The first kappa shape index (κ1) is 18.1. The van der Waals surface area contributed by atoms with Crippen molar-refractivity contribution in [3.63, 3.8) is 0 Å². The SMILES string of the molecule is CC(=O)Nc1ncc(S(=O)(=O)Nc2cccc(-c3cn4cccnc4n3)c2)s1. The number of sulfonamides is 1. The van der Waals surface area contributed by atoms with E-state index in [4.69, 9.17) is 0 Å². The standard InChI is InChI=1S/C17H14N6O3S2/c1-11(24)20-17-19-9-15(27-17)28(25,26)22-13-5-2-4-12(8-13)14-10-23-7-3-6-18-16(23)21-14/h2-10,22H,1H3,(H,19,20,24). The Hall–Kier alpha value is -3.31. The van der Waals surface area contributed by atoms with Crippen LogP contribution in [0.2, 0.25) is 0 Å². The number of benzene rings is 1. The predicted octanol–water partition coefficient (Wildman–Crippen LogP) is 2.61. The van der Waals surface area contributed by atoms with Crippen LogP contribution in [0.15, 0.2) is 59.3 Å². The molecule has 4 aromatic rings. The molecule has 0 saturated carbocycles. The molecule has 0 unspecified atom stereocenters. The largest absolute Gasteiger partial charge is 0.302 e. The lowest BCUT2D eigenvalue weighted by Crippen LogP contribution is -2.11. The van der Waals surface area contributed by atoms with E-state index in [9.17, 15) is 13.2 Å². The number of hydrogen-bond acceptors (Lipinski definition) is 7. The van der Waals surface area contributed by atoms with Crippen LogP contribution in [0.5, 0.6) is 0 Å². The van der Waals surface area contributed by atoms with E-state index in [1.54, 1.807) is 34.9 Å². The molecule has 3 heterocycles. The molecule has 9 nitrogen and oxygen atoms in total. The van der Waals surface area contributed by atoms with Gasteiger partial charge in [0.15, 0.2) is 9.34 Å². The molecule has 0 aliphatic heterocycles. The molecule has 4 rings (SSSR count). The maximum Gasteiger partial charge on any atom is 0.273 e. The topological polar surface area (TPSA) is 118 Å². The van der Waals surface area contributed by atoms with Gasteiger partial charge in [0, 0.05) is 36.8 Å². The summed E-state index contributed by atoms with van der Waals surface area (Å²) >= 11 is 0.873. The summed E-state index contributed by atoms with van der Waals surface area (Å²) in [5.41, 5.74) is 1.80. The first-order chi connectivity index (χ1) is 13.4. The monoisotopic (exact) mass is 414 g/mol. The van der Waals surface area contributed by atoms with E-state index in [0.29, 0.717) is 17.2 Å². The van der Waals surface area contributed by atoms with Crippen LogP contribution in [0, 0.1) is 0 Å². The average molecular weight is 414 g/mol. The van der Waals surface area contributed by atoms with Crippen LogP contribution in [-0.2, 0) is 14.8 Å². The summed E-state index contributed by atoms with van der Waals surface area (Å²) in [7, 11) is -3.84. The van der Waals surface area contributed by atoms with Gasteiger partial charge >= 0.3 is 0 Å². The summed E-state index contributed by atoms with van der Waals surface area (Å²) in [5, 5.41) is 2.69. The molecule has 0 radical (unpaired) electrons. The third kappa shape index (κ3) is 3.70. The van der Waals surface area contributed by atoms with Crippen LogP contribution in [0.3, 0.4) is 0 Å². The van der Waals surface area contributed by atoms with Crippen LogP contribution in [0.1, 0.15) is 6.92 Å². The van der Waals surface area contributed by atoms with Gasteiger partial charge in [0.25, 0.3) is 10.0 Å². The maximum absolute atomic E-state index is 12.6. The van der Waals surface area contributed by atoms with Crippen LogP contribution in [0.25, 0.3) is 17.0 Å². The molecule has 1 aromatic carbocycles. The van der Waals surface area contributed by atoms with E-state index < -0.39 is 10.0 Å². The van der Waals surface area contributed by atoms with Gasteiger partial charge < -0.3 is 5.32 Å². The third-order valence-corrected chi connectivity index (χ3v) is 6.43. The van der Waals surface area contributed by atoms with Gasteiger partial charge in [-0.3, -0.25) is 13.9 Å². The molecular weight excluding hydrogens is 400 g/mol. The number of hydrogen-bond donors (Lipinski definition) is 2. The zero-order valence-electron chi connectivity index (χ0n) is 14.5. The van der Waals surface area contributed by atoms with Crippen molar-refractivity contribution < 1.29 is 13.2 Å². The molecular formula is C17H14N6O3S2. The van der Waals surface area contributed by atoms with Crippen LogP contribution >= 0.6 is 11.3 Å². The number of nitrogens with one attached hydrogen (secondary N) is 2. The minimum absolute atomic E-state index is 0.00131. The number of rotatable bonds is 5. The number of fused-ring (bicyclic) bond motifs is 1. The van der Waals surface area contributed by atoms with Gasteiger partial charge in [-0.25, -0.2) is 23.4 Å². The van der Waals surface area contributed by atoms with Crippen molar-refractivity contribution in [2.45, 2.75) is 11.1 Å². The lowest BCUT2D eigenvalue weighted by molar-refractivity contribution is -0.114. The number of imidazole rings is 1. The molecule has 0 bridgehead atoms. The fraction of sp³-hybridized carbons (Fsp3) is 0.0588. The average Bonchev–Trinajstić information content (AvgIpc) is 3.28. The first-order valence-corrected chi connectivity index (χ1v) is 10.4. The van der Waals surface area contributed by atoms with Crippen molar-refractivity contribution in [2.24, 2.45) is 0 Å². The Morgan fingerprint density at radius 2 is 2.07 bits per heavy atom. The number of carbonyl (C=O) groups excluding carboxylic acids is 1. The second kappa shape index (κ2) is 7.02. The van der Waals surface area contributed by atoms with Crippen molar-refractivity contribution in [1.82, 2.24) is 19.4 Å². The summed E-state index contributed by atoms with van der Waals surface area (Å²) in [6.45, 7) is 1.33. The van der Waals surface area contributed by atoms with Crippen molar-refractivity contribution in [3.8, 4) is 11.3 Å². The quantitative estimate of drug-likeness (QED) is 0.518. The van der Waals surface area contributed by atoms with Gasteiger partial charge in [-0.2, -0.15) is 0 Å². The molecule has 2 N–H and O–H groups in total. The summed E-state index contributed by atoms with van der Waals surface area (Å²) < 4.78 is 29.5. The Morgan fingerprint density at radius 1 is 1.21 bits per heavy atom. The highest BCUT2D eigenvalue weighted by atomic mass is 32.2. The molecule has 0 aliphatic carbocycles. The van der Waals surface area contributed by atoms with Crippen LogP contribution in [0.4, 0.5) is 10.8 Å². The molecule has 3 aromatic heterocycles. The highest BCUT2D eigenvalue weighted by molar-refractivity contribution is 7.94. The van der Waals surface area contributed by atoms with Gasteiger partial charge in [-0.1, -0.05) is 23.5 Å². The number of amides is 1. The summed E-state index contributed by atoms with van der Waals surface area (Å²) in [5.74, 6) is 0.236. The second-order valence-corrected chi connectivity index (χ2v) is 8.74. The van der Waals surface area contributed by atoms with E-state index in [-0.39, 0.29) is 15.2 Å². The lowest BCUT2D eigenvalue weighted by atomic mass is 10.1. The van der Waals surface area contributed by atoms with Crippen molar-refractivity contribution >= 4 is 43.9 Å². The zero-order chi connectivity index (χ0) is 19.7. The number of thiazole rings is 1. The van der Waals surface area contributed by atoms with Crippen molar-refractivity contribution in [2.75, 3.05) is 10.0 Å².